The Morgan fingerprint density at radius 1 is 1.22 bits per heavy atom. The monoisotopic (exact) mass is 330 g/mol. The van der Waals surface area contributed by atoms with Gasteiger partial charge in [0, 0.05) is 26.7 Å². The highest BCUT2D eigenvalue weighted by Crippen LogP contribution is 2.31. The van der Waals surface area contributed by atoms with Crippen molar-refractivity contribution in [1.82, 2.24) is 14.8 Å². The molecule has 23 heavy (non-hydrogen) atoms. The second kappa shape index (κ2) is 7.10. The fourth-order valence-electron chi connectivity index (χ4n) is 2.67. The molecule has 0 aliphatic carbocycles. The maximum absolute atomic E-state index is 9.05. The third kappa shape index (κ3) is 3.54. The van der Waals surface area contributed by atoms with Gasteiger partial charge in [-0.05, 0) is 25.3 Å². The van der Waals surface area contributed by atoms with Crippen molar-refractivity contribution in [3.8, 4) is 0 Å². The van der Waals surface area contributed by atoms with Crippen molar-refractivity contribution < 1.29 is 5.11 Å². The molecule has 0 unspecified atom stereocenters. The summed E-state index contributed by atoms with van der Waals surface area (Å²) < 4.78 is 3.00. The summed E-state index contributed by atoms with van der Waals surface area (Å²) in [5, 5.41) is 14.5. The lowest BCUT2D eigenvalue weighted by Crippen LogP contribution is -2.24. The summed E-state index contributed by atoms with van der Waals surface area (Å²) in [6.07, 6.45) is 1.77. The van der Waals surface area contributed by atoms with E-state index in [1.54, 1.807) is 11.3 Å². The molecule has 3 rings (SSSR count). The molecule has 0 bridgehead atoms. The van der Waals surface area contributed by atoms with Gasteiger partial charge in [0.2, 0.25) is 0 Å². The number of thiazole rings is 1. The van der Waals surface area contributed by atoms with Gasteiger partial charge in [-0.2, -0.15) is 5.10 Å². The van der Waals surface area contributed by atoms with Gasteiger partial charge in [-0.15, -0.1) is 0 Å². The second-order valence-electron chi connectivity index (χ2n) is 5.70. The van der Waals surface area contributed by atoms with Crippen molar-refractivity contribution in [2.45, 2.75) is 26.3 Å². The van der Waals surface area contributed by atoms with Crippen LogP contribution in [0.3, 0.4) is 0 Å². The number of aliphatic hydroxyl groups excluding tert-OH is 1. The molecule has 5 nitrogen and oxygen atoms in total. The molecule has 2 aromatic heterocycles. The molecule has 0 saturated carbocycles. The summed E-state index contributed by atoms with van der Waals surface area (Å²) >= 11 is 1.70. The minimum atomic E-state index is 0.238. The molecule has 122 valence electrons. The molecular weight excluding hydrogens is 308 g/mol. The van der Waals surface area contributed by atoms with Crippen molar-refractivity contribution in [3.63, 3.8) is 0 Å². The third-order valence-corrected chi connectivity index (χ3v) is 5.07. The lowest BCUT2D eigenvalue weighted by Gasteiger charge is -2.21. The lowest BCUT2D eigenvalue weighted by molar-refractivity contribution is 0.285. The van der Waals surface area contributed by atoms with E-state index in [-0.39, 0.29) is 6.61 Å². The molecule has 2 heterocycles. The van der Waals surface area contributed by atoms with Crippen LogP contribution in [0.5, 0.6) is 0 Å². The van der Waals surface area contributed by atoms with E-state index in [1.165, 1.54) is 5.56 Å². The second-order valence-corrected chi connectivity index (χ2v) is 6.67. The highest BCUT2D eigenvalue weighted by atomic mass is 32.1. The number of aromatic nitrogens is 3. The van der Waals surface area contributed by atoms with E-state index in [0.29, 0.717) is 0 Å². The zero-order valence-electron chi connectivity index (χ0n) is 13.6. The molecule has 1 aromatic carbocycles. The highest BCUT2D eigenvalue weighted by Gasteiger charge is 2.16. The number of hydrogen-bond acceptors (Lipinski definition) is 5. The van der Waals surface area contributed by atoms with Gasteiger partial charge in [0.15, 0.2) is 10.8 Å². The molecule has 0 fully saturated rings. The van der Waals surface area contributed by atoms with Crippen LogP contribution in [0.2, 0.25) is 0 Å². The Balaban J connectivity index is 1.87. The van der Waals surface area contributed by atoms with Crippen LogP contribution in [0.15, 0.2) is 30.3 Å². The Morgan fingerprint density at radius 3 is 2.70 bits per heavy atom. The first-order valence-electron chi connectivity index (χ1n) is 7.89. The Bertz CT molecular complexity index is 731. The Morgan fingerprint density at radius 2 is 2.00 bits per heavy atom. The van der Waals surface area contributed by atoms with Crippen LogP contribution in [0, 0.1) is 6.92 Å². The third-order valence-electron chi connectivity index (χ3n) is 3.86. The molecule has 6 heteroatoms. The van der Waals surface area contributed by atoms with Crippen molar-refractivity contribution in [2.24, 2.45) is 7.05 Å². The smallest absolute Gasteiger partial charge is 0.188 e. The Hall–Kier alpha value is -1.92. The molecule has 0 atom stereocenters. The summed E-state index contributed by atoms with van der Waals surface area (Å²) in [7, 11) is 1.94. The first kappa shape index (κ1) is 16.0. The van der Waals surface area contributed by atoms with Crippen molar-refractivity contribution >= 4 is 26.8 Å². The largest absolute Gasteiger partial charge is 0.396 e. The van der Waals surface area contributed by atoms with E-state index in [0.717, 1.165) is 47.1 Å². The number of nitrogens with zero attached hydrogens (tertiary/aromatic N) is 4. The van der Waals surface area contributed by atoms with Crippen LogP contribution in [0.4, 0.5) is 5.13 Å². The summed E-state index contributed by atoms with van der Waals surface area (Å²) in [4.78, 5) is 7.09. The van der Waals surface area contributed by atoms with Crippen molar-refractivity contribution in [2.75, 3.05) is 18.1 Å². The number of fused-ring (bicyclic) bond motifs is 1. The molecule has 0 aliphatic heterocycles. The average Bonchev–Trinajstić information content (AvgIpc) is 3.10. The van der Waals surface area contributed by atoms with Crippen LogP contribution in [0.25, 0.3) is 10.3 Å². The number of aryl methyl sites for hydroxylation is 2. The molecule has 0 saturated heterocycles. The van der Waals surface area contributed by atoms with Crippen LogP contribution >= 0.6 is 11.3 Å². The predicted octanol–water partition coefficient (Wildman–Crippen LogP) is 3.12. The highest BCUT2D eigenvalue weighted by molar-refractivity contribution is 7.22. The zero-order chi connectivity index (χ0) is 16.2. The Labute approximate surface area is 140 Å². The van der Waals surface area contributed by atoms with Crippen molar-refractivity contribution in [1.29, 1.82) is 0 Å². The summed E-state index contributed by atoms with van der Waals surface area (Å²) in [6.45, 7) is 3.99. The SMILES string of the molecule is Cc1nn(C)c2nc(N(CCCCO)Cc3ccccc3)sc12. The summed E-state index contributed by atoms with van der Waals surface area (Å²) in [5.74, 6) is 0. The minimum Gasteiger partial charge on any atom is -0.396 e. The number of rotatable bonds is 7. The maximum atomic E-state index is 9.05. The maximum Gasteiger partial charge on any atom is 0.188 e. The molecule has 1 N–H and O–H groups in total. The van der Waals surface area contributed by atoms with Crippen LogP contribution in [-0.2, 0) is 13.6 Å². The van der Waals surface area contributed by atoms with Gasteiger partial charge in [-0.25, -0.2) is 9.67 Å². The van der Waals surface area contributed by atoms with E-state index < -0.39 is 0 Å². The first-order valence-corrected chi connectivity index (χ1v) is 8.70. The summed E-state index contributed by atoms with van der Waals surface area (Å²) in [6, 6.07) is 10.4. The lowest BCUT2D eigenvalue weighted by atomic mass is 10.2. The van der Waals surface area contributed by atoms with Gasteiger partial charge < -0.3 is 10.0 Å². The topological polar surface area (TPSA) is 54.2 Å². The van der Waals surface area contributed by atoms with E-state index >= 15 is 0 Å². The van der Waals surface area contributed by atoms with Gasteiger partial charge in [0.1, 0.15) is 0 Å². The quantitative estimate of drug-likeness (QED) is 0.676. The summed E-state index contributed by atoms with van der Waals surface area (Å²) in [5.41, 5.74) is 3.24. The molecule has 3 aromatic rings. The van der Waals surface area contributed by atoms with Gasteiger partial charge >= 0.3 is 0 Å². The number of benzene rings is 1. The molecule has 0 aliphatic rings. The fourth-order valence-corrected chi connectivity index (χ4v) is 3.73. The fraction of sp³-hybridized carbons (Fsp3) is 0.412. The van der Waals surface area contributed by atoms with E-state index in [4.69, 9.17) is 10.1 Å². The van der Waals surface area contributed by atoms with Gasteiger partial charge in [-0.1, -0.05) is 41.7 Å². The van der Waals surface area contributed by atoms with Crippen LogP contribution in [0.1, 0.15) is 24.1 Å². The molecular formula is C17H22N4OS. The van der Waals surface area contributed by atoms with E-state index in [2.05, 4.69) is 34.3 Å². The van der Waals surface area contributed by atoms with Crippen LogP contribution < -0.4 is 4.90 Å². The Kier molecular flexibility index (Phi) is 4.93. The average molecular weight is 330 g/mol. The minimum absolute atomic E-state index is 0.238. The zero-order valence-corrected chi connectivity index (χ0v) is 14.4. The molecule has 0 radical (unpaired) electrons. The normalized spacial score (nSPS) is 11.3. The van der Waals surface area contributed by atoms with Gasteiger partial charge in [0.05, 0.1) is 10.4 Å². The van der Waals surface area contributed by atoms with Gasteiger partial charge in [-0.3, -0.25) is 0 Å². The molecule has 0 spiro atoms. The number of hydrogen-bond donors (Lipinski definition) is 1. The van der Waals surface area contributed by atoms with E-state index in [1.807, 2.05) is 24.7 Å². The standard InChI is InChI=1S/C17H22N4OS/c1-13-15-16(20(2)19-13)18-17(23-15)21(10-6-7-11-22)12-14-8-4-3-5-9-14/h3-5,8-9,22H,6-7,10-12H2,1-2H3. The van der Waals surface area contributed by atoms with Crippen LogP contribution in [-0.4, -0.2) is 33.0 Å². The van der Waals surface area contributed by atoms with E-state index in [9.17, 15) is 0 Å². The number of anilines is 1. The predicted molar refractivity (Wildman–Crippen MR) is 94.9 cm³/mol. The first-order chi connectivity index (χ1) is 11.2. The van der Waals surface area contributed by atoms with Crippen molar-refractivity contribution in [3.05, 3.63) is 41.6 Å². The number of unbranched alkanes of at least 4 members (excludes halogenated alkanes) is 1. The molecule has 0 amide bonds. The number of aliphatic hydroxyl groups is 1. The van der Waals surface area contributed by atoms with Gasteiger partial charge in [0.25, 0.3) is 0 Å².